The standard InChI is InChI=1S/C21H21ClN4O/c1-15(17-8-11-24-12-9-17)21(20(23)27,18-4-6-19(22)7-5-18)26-14-16-3-2-10-25-13-16/h2-13,15,26H,14H2,1H3,(H2,23,27). The van der Waals surface area contributed by atoms with Gasteiger partial charge in [0.15, 0.2) is 0 Å². The lowest BCUT2D eigenvalue weighted by molar-refractivity contribution is -0.125. The van der Waals surface area contributed by atoms with E-state index in [0.29, 0.717) is 11.6 Å². The van der Waals surface area contributed by atoms with E-state index < -0.39 is 11.4 Å². The smallest absolute Gasteiger partial charge is 0.242 e. The van der Waals surface area contributed by atoms with Gasteiger partial charge in [0.05, 0.1) is 0 Å². The maximum Gasteiger partial charge on any atom is 0.242 e. The van der Waals surface area contributed by atoms with E-state index in [0.717, 1.165) is 16.7 Å². The molecule has 0 aliphatic heterocycles. The zero-order chi connectivity index (χ0) is 19.3. The molecule has 0 saturated heterocycles. The Kier molecular flexibility index (Phi) is 5.84. The maximum atomic E-state index is 12.8. The Morgan fingerprint density at radius 3 is 2.41 bits per heavy atom. The quantitative estimate of drug-likeness (QED) is 0.658. The second-order valence-electron chi connectivity index (χ2n) is 6.40. The molecule has 3 rings (SSSR count). The molecule has 2 atom stereocenters. The van der Waals surface area contributed by atoms with Crippen molar-refractivity contribution in [2.24, 2.45) is 5.73 Å². The third kappa shape index (κ3) is 3.99. The monoisotopic (exact) mass is 380 g/mol. The molecular weight excluding hydrogens is 360 g/mol. The highest BCUT2D eigenvalue weighted by atomic mass is 35.5. The van der Waals surface area contributed by atoms with Gasteiger partial charge in [-0.05, 0) is 47.0 Å². The number of carbonyl (C=O) groups is 1. The van der Waals surface area contributed by atoms with Gasteiger partial charge in [-0.2, -0.15) is 0 Å². The van der Waals surface area contributed by atoms with E-state index in [1.807, 2.05) is 43.3 Å². The van der Waals surface area contributed by atoms with Crippen LogP contribution >= 0.6 is 11.6 Å². The third-order valence-electron chi connectivity index (χ3n) is 4.84. The van der Waals surface area contributed by atoms with Gasteiger partial charge in [-0.1, -0.05) is 36.7 Å². The van der Waals surface area contributed by atoms with Crippen molar-refractivity contribution in [3.05, 3.63) is 95.0 Å². The molecule has 2 aromatic heterocycles. The molecule has 5 nitrogen and oxygen atoms in total. The number of nitrogens with zero attached hydrogens (tertiary/aromatic N) is 2. The van der Waals surface area contributed by atoms with Crippen LogP contribution in [-0.4, -0.2) is 15.9 Å². The summed E-state index contributed by atoms with van der Waals surface area (Å²) in [5.74, 6) is -0.700. The van der Waals surface area contributed by atoms with Crippen molar-refractivity contribution in [3.63, 3.8) is 0 Å². The Bertz CT molecular complexity index is 887. The summed E-state index contributed by atoms with van der Waals surface area (Å²) in [6, 6.07) is 14.8. The van der Waals surface area contributed by atoms with Crippen LogP contribution in [-0.2, 0) is 16.9 Å². The lowest BCUT2D eigenvalue weighted by Gasteiger charge is -2.38. The predicted octanol–water partition coefficient (Wildman–Crippen LogP) is 3.40. The molecule has 0 spiro atoms. The number of halogens is 1. The number of aromatic nitrogens is 2. The summed E-state index contributed by atoms with van der Waals surface area (Å²) >= 11 is 6.06. The molecule has 0 aliphatic carbocycles. The van der Waals surface area contributed by atoms with E-state index in [9.17, 15) is 4.79 Å². The molecule has 1 amide bonds. The number of primary amides is 1. The van der Waals surface area contributed by atoms with Crippen molar-refractivity contribution < 1.29 is 4.79 Å². The van der Waals surface area contributed by atoms with Crippen LogP contribution in [0, 0.1) is 0 Å². The molecular formula is C21H21ClN4O. The highest BCUT2D eigenvalue weighted by Gasteiger charge is 2.44. The molecule has 0 aliphatic rings. The molecule has 0 saturated carbocycles. The largest absolute Gasteiger partial charge is 0.368 e. The molecule has 0 bridgehead atoms. The van der Waals surface area contributed by atoms with Gasteiger partial charge >= 0.3 is 0 Å². The number of hydrogen-bond acceptors (Lipinski definition) is 4. The zero-order valence-corrected chi connectivity index (χ0v) is 15.7. The number of amides is 1. The van der Waals surface area contributed by atoms with Crippen LogP contribution < -0.4 is 11.1 Å². The summed E-state index contributed by atoms with van der Waals surface area (Å²) in [6.07, 6.45) is 6.89. The second-order valence-corrected chi connectivity index (χ2v) is 6.83. The molecule has 27 heavy (non-hydrogen) atoms. The normalized spacial score (nSPS) is 14.3. The van der Waals surface area contributed by atoms with Crippen LogP contribution in [0.3, 0.4) is 0 Å². The highest BCUT2D eigenvalue weighted by molar-refractivity contribution is 6.30. The average molecular weight is 381 g/mol. The fourth-order valence-electron chi connectivity index (χ4n) is 3.31. The van der Waals surface area contributed by atoms with E-state index >= 15 is 0 Å². The number of benzene rings is 1. The Morgan fingerprint density at radius 2 is 1.81 bits per heavy atom. The Balaban J connectivity index is 2.07. The van der Waals surface area contributed by atoms with Gasteiger partial charge in [0.25, 0.3) is 0 Å². The minimum absolute atomic E-state index is 0.240. The number of hydrogen-bond donors (Lipinski definition) is 2. The molecule has 6 heteroatoms. The molecule has 3 N–H and O–H groups in total. The number of rotatable bonds is 7. The molecule has 1 aromatic carbocycles. The van der Waals surface area contributed by atoms with Crippen LogP contribution in [0.5, 0.6) is 0 Å². The SMILES string of the molecule is CC(c1ccncc1)C(NCc1cccnc1)(C(N)=O)c1ccc(Cl)cc1. The first-order valence-electron chi connectivity index (χ1n) is 8.64. The van der Waals surface area contributed by atoms with Crippen LogP contribution in [0.15, 0.2) is 73.3 Å². The van der Waals surface area contributed by atoms with Gasteiger partial charge in [-0.3, -0.25) is 20.1 Å². The summed E-state index contributed by atoms with van der Waals surface area (Å²) in [7, 11) is 0. The van der Waals surface area contributed by atoms with E-state index in [4.69, 9.17) is 17.3 Å². The number of nitrogens with two attached hydrogens (primary N) is 1. The van der Waals surface area contributed by atoms with Crippen LogP contribution in [0.1, 0.15) is 29.5 Å². The lowest BCUT2D eigenvalue weighted by Crippen LogP contribution is -2.55. The minimum Gasteiger partial charge on any atom is -0.368 e. The van der Waals surface area contributed by atoms with Crippen molar-refractivity contribution in [2.45, 2.75) is 24.9 Å². The van der Waals surface area contributed by atoms with Crippen molar-refractivity contribution in [2.75, 3.05) is 0 Å². The number of carbonyl (C=O) groups excluding carboxylic acids is 1. The first-order chi connectivity index (χ1) is 13.0. The number of nitrogens with one attached hydrogen (secondary N) is 1. The van der Waals surface area contributed by atoms with E-state index in [-0.39, 0.29) is 5.92 Å². The molecule has 2 heterocycles. The van der Waals surface area contributed by atoms with Gasteiger partial charge in [0.2, 0.25) is 5.91 Å². The first kappa shape index (κ1) is 19.0. The van der Waals surface area contributed by atoms with Crippen molar-refractivity contribution >= 4 is 17.5 Å². The predicted molar refractivity (Wildman–Crippen MR) is 106 cm³/mol. The van der Waals surface area contributed by atoms with Gasteiger partial charge in [-0.15, -0.1) is 0 Å². The minimum atomic E-state index is -1.12. The Labute approximate surface area is 163 Å². The average Bonchev–Trinajstić information content (AvgIpc) is 2.70. The maximum absolute atomic E-state index is 12.8. The van der Waals surface area contributed by atoms with E-state index in [1.54, 1.807) is 36.9 Å². The van der Waals surface area contributed by atoms with Crippen molar-refractivity contribution in [1.82, 2.24) is 15.3 Å². The summed E-state index contributed by atoms with van der Waals surface area (Å²) < 4.78 is 0. The molecule has 2 unspecified atom stereocenters. The van der Waals surface area contributed by atoms with Crippen LogP contribution in [0.4, 0.5) is 0 Å². The number of pyridine rings is 2. The molecule has 138 valence electrons. The summed E-state index contributed by atoms with van der Waals surface area (Å²) in [6.45, 7) is 2.42. The molecule has 0 radical (unpaired) electrons. The van der Waals surface area contributed by atoms with Gasteiger partial charge in [0, 0.05) is 42.3 Å². The van der Waals surface area contributed by atoms with Crippen LogP contribution in [0.2, 0.25) is 5.02 Å². The fourth-order valence-corrected chi connectivity index (χ4v) is 3.43. The van der Waals surface area contributed by atoms with Gasteiger partial charge in [0.1, 0.15) is 5.54 Å². The van der Waals surface area contributed by atoms with Crippen LogP contribution in [0.25, 0.3) is 0 Å². The molecule has 0 fully saturated rings. The third-order valence-corrected chi connectivity index (χ3v) is 5.09. The second kappa shape index (κ2) is 8.29. The summed E-state index contributed by atoms with van der Waals surface area (Å²) in [5, 5.41) is 4.00. The van der Waals surface area contributed by atoms with Gasteiger partial charge < -0.3 is 5.73 Å². The Hall–Kier alpha value is -2.76. The molecule has 3 aromatic rings. The lowest BCUT2D eigenvalue weighted by atomic mass is 9.74. The summed E-state index contributed by atoms with van der Waals surface area (Å²) in [4.78, 5) is 21.0. The first-order valence-corrected chi connectivity index (χ1v) is 9.01. The highest BCUT2D eigenvalue weighted by Crippen LogP contribution is 2.37. The topological polar surface area (TPSA) is 80.9 Å². The van der Waals surface area contributed by atoms with Crippen molar-refractivity contribution in [1.29, 1.82) is 0 Å². The Morgan fingerprint density at radius 1 is 1.11 bits per heavy atom. The van der Waals surface area contributed by atoms with Crippen molar-refractivity contribution in [3.8, 4) is 0 Å². The van der Waals surface area contributed by atoms with E-state index in [2.05, 4.69) is 15.3 Å². The van der Waals surface area contributed by atoms with Gasteiger partial charge in [-0.25, -0.2) is 0 Å². The zero-order valence-electron chi connectivity index (χ0n) is 15.0. The van der Waals surface area contributed by atoms with E-state index in [1.165, 1.54) is 0 Å². The fraction of sp³-hybridized carbons (Fsp3) is 0.190. The summed E-state index contributed by atoms with van der Waals surface area (Å²) in [5.41, 5.74) is 7.53.